The third kappa shape index (κ3) is 42.5. The third-order valence-corrected chi connectivity index (χ3v) is 22.6. The van der Waals surface area contributed by atoms with Crippen LogP contribution in [0.5, 0.6) is 0 Å². The first-order valence-electron chi connectivity index (χ1n) is 32.6. The molecule has 0 spiro atoms. The van der Waals surface area contributed by atoms with Gasteiger partial charge in [-0.25, -0.2) is 4.79 Å². The van der Waals surface area contributed by atoms with Crippen LogP contribution < -0.4 is 64.2 Å². The minimum atomic E-state index is -1.20. The summed E-state index contributed by atoms with van der Waals surface area (Å²) in [4.78, 5) is 169. The molecule has 0 aliphatic rings. The maximum Gasteiger partial charge on any atom is 0.328 e. The number of carbonyl (C=O) groups is 12. The van der Waals surface area contributed by atoms with Crippen molar-refractivity contribution in [2.75, 3.05) is 151 Å². The lowest BCUT2D eigenvalue weighted by molar-refractivity contribution is -0.147. The Bertz CT molecular complexity index is 2400. The Morgan fingerprint density at radius 2 is 0.364 bits per heavy atom. The van der Waals surface area contributed by atoms with Crippen LogP contribution in [-0.4, -0.2) is 294 Å². The number of hydrogen-bond donors (Lipinski definition) is 12. The molecule has 0 unspecified atom stereocenters. The zero-order chi connectivity index (χ0) is 74.5. The molecule has 0 fully saturated rings. The van der Waals surface area contributed by atoms with E-state index in [1.807, 2.05) is 75.1 Å². The second kappa shape index (κ2) is 61.0. The summed E-state index contributed by atoms with van der Waals surface area (Å²) in [6, 6.07) is -13.1. The van der Waals surface area contributed by atoms with Gasteiger partial charge in [0, 0.05) is 0 Å². The van der Waals surface area contributed by atoms with Crippen LogP contribution in [-0.2, 0) is 62.3 Å². The van der Waals surface area contributed by atoms with Crippen LogP contribution in [0.15, 0.2) is 0 Å². The van der Waals surface area contributed by atoms with Gasteiger partial charge in [0.15, 0.2) is 0 Å². The zero-order valence-electron chi connectivity index (χ0n) is 59.9. The standard InChI is InChI=1S/C62H114N12O13S12/c1-14-87-62(86)50(26-38-99-13)74-61(85)49(25-37-98-12)73-60(84)48(24-36-97-11)72-59(83)47(23-35-96-10)71-58(82)46(22-34-95-9)70-57(81)45(21-33-94-8)69-56(80)44(20-32-93-7)68-55(79)43(19-31-92-6)67-54(78)42(18-30-91-5)66-53(77)41(17-29-90-4)65-52(76)40(16-28-89-3)64-51(75)39(63)15-27-88-2/h39-50H,14-38,63H2,1-13H3,(H,64,75)(H,65,76)(H,66,77)(H,67,78)(H,68,79)(H,69,80)(H,70,81)(H,71,82)(H,72,83)(H,73,84)(H,74,85)/t39-,40-,41-,42-,43-,44-,45-,46-,47-,48-,49-,50-/m0/s1. The van der Waals surface area contributed by atoms with Crippen LogP contribution in [0.1, 0.15) is 84.0 Å². The molecule has 0 aliphatic heterocycles. The number of nitrogens with one attached hydrogen (secondary N) is 11. The van der Waals surface area contributed by atoms with Gasteiger partial charge in [-0.1, -0.05) is 0 Å². The summed E-state index contributed by atoms with van der Waals surface area (Å²) in [5, 5.41) is 31.1. The van der Waals surface area contributed by atoms with E-state index in [0.717, 1.165) is 0 Å². The van der Waals surface area contributed by atoms with E-state index in [1.165, 1.54) is 129 Å². The molecule has 0 heterocycles. The average Bonchev–Trinajstić information content (AvgIpc) is 0.876. The molecule has 572 valence electrons. The highest BCUT2D eigenvalue weighted by Crippen LogP contribution is 2.15. The van der Waals surface area contributed by atoms with Gasteiger partial charge in [-0.15, -0.1) is 0 Å². The summed E-state index contributed by atoms with van der Waals surface area (Å²) in [6.07, 6.45) is 24.7. The van der Waals surface area contributed by atoms with E-state index in [9.17, 15) is 57.5 Å². The maximum absolute atomic E-state index is 14.6. The molecule has 37 heteroatoms. The second-order valence-electron chi connectivity index (χ2n) is 22.4. The summed E-state index contributed by atoms with van der Waals surface area (Å²) in [5.41, 5.74) is 6.14. The molecule has 0 rings (SSSR count). The zero-order valence-corrected chi connectivity index (χ0v) is 69.7. The largest absolute Gasteiger partial charge is 0.464 e. The second-order valence-corrected chi connectivity index (χ2v) is 34.2. The molecular weight excluding hydrogens is 1510 g/mol. The van der Waals surface area contributed by atoms with Gasteiger partial charge >= 0.3 is 5.97 Å². The Kier molecular flexibility index (Phi) is 59.6. The van der Waals surface area contributed by atoms with Gasteiger partial charge in [0.1, 0.15) is 66.5 Å². The lowest BCUT2D eigenvalue weighted by Gasteiger charge is -2.28. The van der Waals surface area contributed by atoms with Crippen molar-refractivity contribution in [1.29, 1.82) is 0 Å². The average molecular weight is 1620 g/mol. The van der Waals surface area contributed by atoms with Gasteiger partial charge in [-0.05, 0) is 228 Å². The number of nitrogens with two attached hydrogens (primary N) is 1. The molecule has 0 saturated carbocycles. The van der Waals surface area contributed by atoms with Crippen LogP contribution in [0.4, 0.5) is 0 Å². The summed E-state index contributed by atoms with van der Waals surface area (Å²) in [7, 11) is 0. The van der Waals surface area contributed by atoms with Crippen molar-refractivity contribution in [3.05, 3.63) is 0 Å². The minimum absolute atomic E-state index is 0.122. The summed E-state index contributed by atoms with van der Waals surface area (Å²) in [6.45, 7) is 1.79. The van der Waals surface area contributed by atoms with Gasteiger partial charge in [0.25, 0.3) is 0 Å². The Hall–Kier alpha value is -2.20. The highest BCUT2D eigenvalue weighted by atomic mass is 32.2. The lowest BCUT2D eigenvalue weighted by Crippen LogP contribution is -2.61. The number of ether oxygens (including phenoxy) is 1. The fourth-order valence-electron chi connectivity index (χ4n) is 9.15. The first kappa shape index (κ1) is 96.8. The summed E-state index contributed by atoms with van der Waals surface area (Å²) >= 11 is 17.5. The van der Waals surface area contributed by atoms with Crippen molar-refractivity contribution in [1.82, 2.24) is 58.5 Å². The molecule has 0 aromatic heterocycles. The van der Waals surface area contributed by atoms with Crippen LogP contribution in [0.3, 0.4) is 0 Å². The summed E-state index contributed by atoms with van der Waals surface area (Å²) < 4.78 is 5.23. The molecular formula is C62H114N12O13S12. The van der Waals surface area contributed by atoms with Crippen molar-refractivity contribution in [2.45, 2.75) is 156 Å². The molecule has 0 saturated heterocycles. The number of carbonyl (C=O) groups excluding carboxylic acids is 12. The van der Waals surface area contributed by atoms with E-state index in [-0.39, 0.29) is 70.8 Å². The molecule has 12 atom stereocenters. The van der Waals surface area contributed by atoms with Crippen molar-refractivity contribution in [3.63, 3.8) is 0 Å². The van der Waals surface area contributed by atoms with Gasteiger partial charge in [-0.2, -0.15) is 141 Å². The maximum atomic E-state index is 14.6. The Morgan fingerprint density at radius 3 is 0.515 bits per heavy atom. The van der Waals surface area contributed by atoms with Crippen LogP contribution in [0.25, 0.3) is 0 Å². The fraction of sp³-hybridized carbons (Fsp3) is 0.806. The van der Waals surface area contributed by atoms with E-state index >= 15 is 0 Å². The normalized spacial score (nSPS) is 14.8. The quantitative estimate of drug-likeness (QED) is 0.0389. The fourth-order valence-corrected chi connectivity index (χ4v) is 14.8. The number of esters is 1. The van der Waals surface area contributed by atoms with E-state index in [0.29, 0.717) is 81.9 Å². The highest BCUT2D eigenvalue weighted by molar-refractivity contribution is 8.00. The molecule has 0 aliphatic carbocycles. The summed E-state index contributed by atoms with van der Waals surface area (Å²) in [5.74, 6) is -1.82. The van der Waals surface area contributed by atoms with Crippen molar-refractivity contribution in [2.24, 2.45) is 5.73 Å². The Balaban J connectivity index is 6.94. The van der Waals surface area contributed by atoms with Gasteiger partial charge in [-0.3, -0.25) is 52.7 Å². The van der Waals surface area contributed by atoms with Gasteiger partial charge in [0.2, 0.25) is 65.0 Å². The van der Waals surface area contributed by atoms with E-state index in [1.54, 1.807) is 18.7 Å². The van der Waals surface area contributed by atoms with E-state index in [2.05, 4.69) is 58.5 Å². The molecule has 0 aromatic rings. The lowest BCUT2D eigenvalue weighted by atomic mass is 10.1. The number of hydrogen-bond acceptors (Lipinski definition) is 26. The van der Waals surface area contributed by atoms with E-state index < -0.39 is 143 Å². The molecule has 0 aromatic carbocycles. The molecule has 13 N–H and O–H groups in total. The van der Waals surface area contributed by atoms with Crippen molar-refractivity contribution >= 4 is 212 Å². The first-order valence-corrected chi connectivity index (χ1v) is 49.4. The predicted octanol–water partition coefficient (Wildman–Crippen LogP) is 3.25. The van der Waals surface area contributed by atoms with Gasteiger partial charge < -0.3 is 69.0 Å². The smallest absolute Gasteiger partial charge is 0.328 e. The Labute approximate surface area is 640 Å². The predicted molar refractivity (Wildman–Crippen MR) is 432 cm³/mol. The van der Waals surface area contributed by atoms with E-state index in [4.69, 9.17) is 10.5 Å². The monoisotopic (exact) mass is 1620 g/mol. The number of rotatable bonds is 60. The highest BCUT2D eigenvalue weighted by Gasteiger charge is 2.37. The van der Waals surface area contributed by atoms with Crippen LogP contribution in [0.2, 0.25) is 0 Å². The molecule has 99 heavy (non-hydrogen) atoms. The Morgan fingerprint density at radius 1 is 0.232 bits per heavy atom. The van der Waals surface area contributed by atoms with Crippen molar-refractivity contribution < 1.29 is 62.3 Å². The van der Waals surface area contributed by atoms with Crippen molar-refractivity contribution in [3.8, 4) is 0 Å². The third-order valence-electron chi connectivity index (χ3n) is 14.9. The van der Waals surface area contributed by atoms with Gasteiger partial charge in [0.05, 0.1) is 12.6 Å². The minimum Gasteiger partial charge on any atom is -0.464 e. The number of thioether (sulfide) groups is 12. The van der Waals surface area contributed by atoms with Crippen LogP contribution >= 0.6 is 141 Å². The SMILES string of the molecule is CCOC(=O)[C@H](CCSC)NC(=O)[C@H](CCSC)NC(=O)[C@H](CCSC)NC(=O)[C@H](CCSC)NC(=O)[C@H](CCSC)NC(=O)[C@H](CCSC)NC(=O)[C@H](CCSC)NC(=O)[C@H](CCSC)NC(=O)[C@H](CCSC)NC(=O)[C@H](CCSC)NC(=O)[C@H](CCSC)NC(=O)[C@@H](N)CCSC. The molecule has 0 bridgehead atoms. The molecule has 0 radical (unpaired) electrons. The molecule has 11 amide bonds. The molecule has 25 nitrogen and oxygen atoms in total. The number of amides is 11. The van der Waals surface area contributed by atoms with Crippen LogP contribution in [0, 0.1) is 0 Å². The topological polar surface area (TPSA) is 372 Å². The first-order chi connectivity index (χ1) is 47.5.